The Labute approximate surface area is 214 Å². The van der Waals surface area contributed by atoms with Crippen LogP contribution in [0.5, 0.6) is 0 Å². The molecule has 1 saturated heterocycles. The molecule has 0 aliphatic carbocycles. The van der Waals surface area contributed by atoms with E-state index in [0.29, 0.717) is 31.0 Å². The third kappa shape index (κ3) is 7.92. The number of furan rings is 1. The molecule has 0 N–H and O–H groups in total. The zero-order valence-electron chi connectivity index (χ0n) is 20.7. The molecular weight excluding hydrogens is 485 g/mol. The van der Waals surface area contributed by atoms with Crippen molar-refractivity contribution in [2.75, 3.05) is 39.3 Å². The minimum absolute atomic E-state index is 0.133. The van der Waals surface area contributed by atoms with Crippen LogP contribution >= 0.6 is 0 Å². The molecule has 0 spiro atoms. The van der Waals surface area contributed by atoms with Crippen molar-refractivity contribution in [1.29, 1.82) is 0 Å². The maximum Gasteiger partial charge on any atom is 0.416 e. The Morgan fingerprint density at radius 1 is 0.919 bits per heavy atom. The van der Waals surface area contributed by atoms with E-state index in [1.165, 1.54) is 19.1 Å². The molecule has 0 saturated carbocycles. The number of halogens is 3. The fourth-order valence-electron chi connectivity index (χ4n) is 4.34. The van der Waals surface area contributed by atoms with Gasteiger partial charge >= 0.3 is 12.1 Å². The van der Waals surface area contributed by atoms with E-state index in [2.05, 4.69) is 9.80 Å². The number of nitrogens with zero attached hydrogens (tertiary/aromatic N) is 2. The van der Waals surface area contributed by atoms with Crippen molar-refractivity contribution in [2.24, 2.45) is 0 Å². The van der Waals surface area contributed by atoms with Gasteiger partial charge in [-0.25, -0.2) is 0 Å². The van der Waals surface area contributed by atoms with Crippen LogP contribution in [0.1, 0.15) is 41.2 Å². The minimum atomic E-state index is -4.41. The van der Waals surface area contributed by atoms with Gasteiger partial charge in [0.2, 0.25) is 0 Å². The van der Waals surface area contributed by atoms with Crippen LogP contribution in [0.15, 0.2) is 71.1 Å². The van der Waals surface area contributed by atoms with Gasteiger partial charge in [0.1, 0.15) is 24.2 Å². The van der Waals surface area contributed by atoms with Gasteiger partial charge in [-0.15, -0.1) is 0 Å². The maximum absolute atomic E-state index is 13.3. The summed E-state index contributed by atoms with van der Waals surface area (Å²) < 4.78 is 56.7. The summed E-state index contributed by atoms with van der Waals surface area (Å²) in [6, 6.07) is 18.4. The first-order valence-corrected chi connectivity index (χ1v) is 12.3. The number of carbonyl (C=O) groups is 1. The molecule has 1 aliphatic heterocycles. The number of rotatable bonds is 10. The summed E-state index contributed by atoms with van der Waals surface area (Å²) in [7, 11) is 0. The molecule has 198 valence electrons. The van der Waals surface area contributed by atoms with Crippen molar-refractivity contribution in [3.63, 3.8) is 0 Å². The summed E-state index contributed by atoms with van der Waals surface area (Å²) in [5, 5.41) is 0. The standard InChI is InChI=1S/C28H31F3N2O4/c1-21(34)36-20-26-11-10-25(37-26)19-33-14-12-32(13-15-33)16-17-35-27(22-6-3-2-4-7-22)23-8-5-9-24(18-23)28(29,30)31/h2-11,18,27H,12-17,19-20H2,1H3. The van der Waals surface area contributed by atoms with Crippen molar-refractivity contribution in [2.45, 2.75) is 32.4 Å². The number of hydrogen-bond donors (Lipinski definition) is 0. The number of benzene rings is 2. The molecule has 2 heterocycles. The Balaban J connectivity index is 1.28. The van der Waals surface area contributed by atoms with E-state index in [4.69, 9.17) is 13.9 Å². The van der Waals surface area contributed by atoms with E-state index in [1.807, 2.05) is 42.5 Å². The highest BCUT2D eigenvalue weighted by Gasteiger charge is 2.31. The van der Waals surface area contributed by atoms with Gasteiger partial charge in [0, 0.05) is 39.6 Å². The number of carbonyl (C=O) groups excluding carboxylic acids is 1. The smallest absolute Gasteiger partial charge is 0.416 e. The van der Waals surface area contributed by atoms with Gasteiger partial charge in [0.05, 0.1) is 18.7 Å². The predicted octanol–water partition coefficient (Wildman–Crippen LogP) is 5.29. The lowest BCUT2D eigenvalue weighted by Crippen LogP contribution is -2.46. The Hall–Kier alpha value is -3.14. The van der Waals surface area contributed by atoms with Crippen molar-refractivity contribution in [3.8, 4) is 0 Å². The third-order valence-corrected chi connectivity index (χ3v) is 6.29. The van der Waals surface area contributed by atoms with E-state index in [9.17, 15) is 18.0 Å². The van der Waals surface area contributed by atoms with Gasteiger partial charge in [0.15, 0.2) is 0 Å². The van der Waals surface area contributed by atoms with Gasteiger partial charge in [0.25, 0.3) is 0 Å². The second-order valence-corrected chi connectivity index (χ2v) is 9.05. The number of alkyl halides is 3. The first-order valence-electron chi connectivity index (χ1n) is 12.3. The molecular formula is C28H31F3N2O4. The summed E-state index contributed by atoms with van der Waals surface area (Å²) in [4.78, 5) is 15.5. The Bertz CT molecular complexity index is 1140. The quantitative estimate of drug-likeness (QED) is 0.342. The molecule has 37 heavy (non-hydrogen) atoms. The summed E-state index contributed by atoms with van der Waals surface area (Å²) >= 11 is 0. The van der Waals surface area contributed by atoms with Crippen LogP contribution < -0.4 is 0 Å². The van der Waals surface area contributed by atoms with E-state index in [1.54, 1.807) is 6.07 Å². The Morgan fingerprint density at radius 2 is 1.59 bits per heavy atom. The first kappa shape index (κ1) is 26.9. The topological polar surface area (TPSA) is 55.2 Å². The Kier molecular flexibility index (Phi) is 9.02. The van der Waals surface area contributed by atoms with Crippen molar-refractivity contribution in [3.05, 3.63) is 94.9 Å². The van der Waals surface area contributed by atoms with Gasteiger partial charge < -0.3 is 13.9 Å². The Morgan fingerprint density at radius 3 is 2.30 bits per heavy atom. The van der Waals surface area contributed by atoms with Crippen molar-refractivity contribution < 1.29 is 31.9 Å². The van der Waals surface area contributed by atoms with Crippen LogP contribution in [0.3, 0.4) is 0 Å². The van der Waals surface area contributed by atoms with E-state index in [0.717, 1.165) is 43.6 Å². The lowest BCUT2D eigenvalue weighted by Gasteiger charge is -2.34. The molecule has 2 aromatic carbocycles. The molecule has 1 atom stereocenters. The van der Waals surface area contributed by atoms with Crippen LogP contribution in [-0.4, -0.2) is 55.1 Å². The van der Waals surface area contributed by atoms with Crippen LogP contribution in [0.4, 0.5) is 13.2 Å². The number of esters is 1. The van der Waals surface area contributed by atoms with Crippen molar-refractivity contribution >= 4 is 5.97 Å². The van der Waals surface area contributed by atoms with Gasteiger partial charge in [-0.05, 0) is 35.4 Å². The third-order valence-electron chi connectivity index (χ3n) is 6.29. The molecule has 9 heteroatoms. The monoisotopic (exact) mass is 516 g/mol. The normalized spacial score (nSPS) is 16.0. The second-order valence-electron chi connectivity index (χ2n) is 9.05. The van der Waals surface area contributed by atoms with Crippen molar-refractivity contribution in [1.82, 2.24) is 9.80 Å². The highest BCUT2D eigenvalue weighted by Crippen LogP contribution is 2.33. The minimum Gasteiger partial charge on any atom is -0.461 e. The van der Waals surface area contributed by atoms with Crippen LogP contribution in [-0.2, 0) is 33.6 Å². The maximum atomic E-state index is 13.3. The highest BCUT2D eigenvalue weighted by atomic mass is 19.4. The zero-order valence-corrected chi connectivity index (χ0v) is 20.7. The van der Waals surface area contributed by atoms with E-state index in [-0.39, 0.29) is 12.6 Å². The molecule has 3 aromatic rings. The molecule has 1 unspecified atom stereocenters. The van der Waals surface area contributed by atoms with Gasteiger partial charge in [-0.2, -0.15) is 13.2 Å². The van der Waals surface area contributed by atoms with Crippen LogP contribution in [0.25, 0.3) is 0 Å². The molecule has 0 radical (unpaired) electrons. The molecule has 6 nitrogen and oxygen atoms in total. The second kappa shape index (κ2) is 12.4. The fraction of sp³-hybridized carbons (Fsp3) is 0.393. The fourth-order valence-corrected chi connectivity index (χ4v) is 4.34. The first-order chi connectivity index (χ1) is 17.8. The van der Waals surface area contributed by atoms with E-state index >= 15 is 0 Å². The average molecular weight is 517 g/mol. The molecule has 1 aromatic heterocycles. The SMILES string of the molecule is CC(=O)OCc1ccc(CN2CCN(CCOC(c3ccccc3)c3cccc(C(F)(F)F)c3)CC2)o1. The zero-order chi connectivity index (χ0) is 26.3. The summed E-state index contributed by atoms with van der Waals surface area (Å²) in [5.74, 6) is 1.10. The van der Waals surface area contributed by atoms with Gasteiger partial charge in [-0.1, -0.05) is 42.5 Å². The molecule has 0 amide bonds. The predicted molar refractivity (Wildman–Crippen MR) is 132 cm³/mol. The molecule has 4 rings (SSSR count). The molecule has 1 fully saturated rings. The number of hydrogen-bond acceptors (Lipinski definition) is 6. The number of piperazine rings is 1. The molecule has 1 aliphatic rings. The van der Waals surface area contributed by atoms with Gasteiger partial charge in [-0.3, -0.25) is 14.6 Å². The summed E-state index contributed by atoms with van der Waals surface area (Å²) in [6.07, 6.45) is -4.99. The highest BCUT2D eigenvalue weighted by molar-refractivity contribution is 5.65. The lowest BCUT2D eigenvalue weighted by atomic mass is 9.99. The number of ether oxygens (including phenoxy) is 2. The van der Waals surface area contributed by atoms with Crippen LogP contribution in [0.2, 0.25) is 0 Å². The molecule has 0 bridgehead atoms. The summed E-state index contributed by atoms with van der Waals surface area (Å²) in [6.45, 7) is 6.67. The lowest BCUT2D eigenvalue weighted by molar-refractivity contribution is -0.142. The average Bonchev–Trinajstić information content (AvgIpc) is 3.34. The summed E-state index contributed by atoms with van der Waals surface area (Å²) in [5.41, 5.74) is 0.622. The van der Waals surface area contributed by atoms with Crippen LogP contribution in [0, 0.1) is 0 Å². The van der Waals surface area contributed by atoms with E-state index < -0.39 is 17.8 Å². The largest absolute Gasteiger partial charge is 0.461 e.